The molecule has 1 aromatic carbocycles. The minimum atomic E-state index is -4.15. The molecule has 0 saturated carbocycles. The maximum atomic E-state index is 15.6. The first-order valence-electron chi connectivity index (χ1n) is 20.5. The van der Waals surface area contributed by atoms with E-state index < -0.39 is 56.4 Å². The van der Waals surface area contributed by atoms with Crippen LogP contribution in [0.2, 0.25) is 0 Å². The lowest BCUT2D eigenvalue weighted by molar-refractivity contribution is -0.141. The molecular formula is C43H55F2N9O6S. The number of hydrogen-bond donors (Lipinski definition) is 4. The van der Waals surface area contributed by atoms with Crippen molar-refractivity contribution in [3.8, 4) is 11.1 Å². The van der Waals surface area contributed by atoms with Crippen molar-refractivity contribution in [2.24, 2.45) is 23.5 Å². The Bertz CT molecular complexity index is 2380. The molecule has 18 heteroatoms. The minimum Gasteiger partial charge on any atom is -0.389 e. The maximum Gasteiger partial charge on any atom is 0.301 e. The molecule has 0 bridgehead atoms. The molecule has 5 N–H and O–H groups in total. The average Bonchev–Trinajstić information content (AvgIpc) is 3.67. The summed E-state index contributed by atoms with van der Waals surface area (Å²) in [5.41, 5.74) is 4.70. The van der Waals surface area contributed by atoms with Crippen molar-refractivity contribution in [2.75, 3.05) is 62.5 Å². The Morgan fingerprint density at radius 1 is 1.03 bits per heavy atom. The lowest BCUT2D eigenvalue weighted by Gasteiger charge is -2.44. The van der Waals surface area contributed by atoms with Gasteiger partial charge in [-0.1, -0.05) is 33.8 Å². The zero-order valence-corrected chi connectivity index (χ0v) is 36.0. The maximum absolute atomic E-state index is 15.6. The van der Waals surface area contributed by atoms with Crippen LogP contribution in [0.25, 0.3) is 22.2 Å². The summed E-state index contributed by atoms with van der Waals surface area (Å²) in [6, 6.07) is 6.55. The number of carbonyl (C=O) groups is 3. The molecule has 6 rings (SSSR count). The van der Waals surface area contributed by atoms with Crippen LogP contribution in [0.5, 0.6) is 0 Å². The number of primary amides is 1. The number of ketones is 1. The third-order valence-electron chi connectivity index (χ3n) is 12.4. The standard InChI is InChI=1S/C43H55F2N9O6S/c1-7-30(27(5)26(3)4)39(41(46)57)54-15-13-43(58,14-16-54)22-36(55)53-19-17-52(18-20-53)35-12-9-28(23-47-35)29-21-31-32(25-49-42(31)48-24-29)40(56)37-33(44)10-11-34(38(37)45)50-61(59,60)51(6)8-2/h7,9-12,21,23-27,30,39,50,58H,1,8,13-20,22H2,2-6H3,(H2,46,57)(H,48,49)/t27-,30-,39?/m1/s1. The van der Waals surface area contributed by atoms with Crippen molar-refractivity contribution >= 4 is 50.3 Å². The number of aliphatic hydroxyl groups is 1. The van der Waals surface area contributed by atoms with Gasteiger partial charge in [0, 0.05) is 99.4 Å². The van der Waals surface area contributed by atoms with E-state index in [1.54, 1.807) is 36.4 Å². The topological polar surface area (TPSA) is 198 Å². The highest BCUT2D eigenvalue weighted by Gasteiger charge is 2.42. The highest BCUT2D eigenvalue weighted by molar-refractivity contribution is 7.90. The van der Waals surface area contributed by atoms with E-state index in [1.165, 1.54) is 13.2 Å². The van der Waals surface area contributed by atoms with Gasteiger partial charge in [0.25, 0.3) is 0 Å². The second kappa shape index (κ2) is 18.4. The molecule has 2 aliphatic heterocycles. The van der Waals surface area contributed by atoms with Gasteiger partial charge in [-0.15, -0.1) is 6.58 Å². The van der Waals surface area contributed by atoms with Gasteiger partial charge in [-0.2, -0.15) is 12.7 Å². The average molecular weight is 864 g/mol. The van der Waals surface area contributed by atoms with E-state index in [1.807, 2.05) is 17.0 Å². The molecule has 4 aromatic rings. The molecule has 2 fully saturated rings. The third kappa shape index (κ3) is 9.61. The van der Waals surface area contributed by atoms with Crippen molar-refractivity contribution in [1.29, 1.82) is 0 Å². The second-order valence-electron chi connectivity index (χ2n) is 16.4. The fourth-order valence-corrected chi connectivity index (χ4v) is 9.05. The van der Waals surface area contributed by atoms with Crippen LogP contribution in [0.3, 0.4) is 0 Å². The Morgan fingerprint density at radius 2 is 1.70 bits per heavy atom. The van der Waals surface area contributed by atoms with E-state index in [2.05, 4.69) is 51.9 Å². The van der Waals surface area contributed by atoms with Crippen LogP contribution < -0.4 is 15.4 Å². The van der Waals surface area contributed by atoms with Crippen molar-refractivity contribution in [3.63, 3.8) is 0 Å². The molecule has 0 radical (unpaired) electrons. The fraction of sp³-hybridized carbons (Fsp3) is 0.465. The molecule has 0 aliphatic carbocycles. The molecule has 15 nitrogen and oxygen atoms in total. The van der Waals surface area contributed by atoms with Crippen LogP contribution in [-0.2, 0) is 19.8 Å². The zero-order valence-electron chi connectivity index (χ0n) is 35.2. The summed E-state index contributed by atoms with van der Waals surface area (Å²) in [4.78, 5) is 57.5. The summed E-state index contributed by atoms with van der Waals surface area (Å²) in [7, 11) is -2.86. The number of nitrogens with one attached hydrogen (secondary N) is 2. The molecule has 0 spiro atoms. The van der Waals surface area contributed by atoms with Crippen molar-refractivity contribution < 1.29 is 36.7 Å². The lowest BCUT2D eigenvalue weighted by atomic mass is 9.78. The summed E-state index contributed by atoms with van der Waals surface area (Å²) >= 11 is 0. The molecule has 1 unspecified atom stereocenters. The SMILES string of the molecule is C=C[C@@H](C(C(N)=O)N1CCC(O)(CC(=O)N2CCN(c3ccc(-c4cnc5[nH]cc(C(=O)c6c(F)ccc(NS(=O)(=O)N(C)CC)c6F)c5c4)cn3)CC2)CC1)[C@H](C)C(C)C. The van der Waals surface area contributed by atoms with Crippen LogP contribution in [0, 0.1) is 29.4 Å². The van der Waals surface area contributed by atoms with E-state index in [4.69, 9.17) is 5.73 Å². The number of rotatable bonds is 16. The number of likely N-dealkylation sites (tertiary alicyclic amines) is 1. The number of aromatic amines is 1. The molecule has 2 saturated heterocycles. The Labute approximate surface area is 355 Å². The number of H-pyrrole nitrogens is 1. The number of pyridine rings is 2. The number of anilines is 2. The predicted octanol–water partition coefficient (Wildman–Crippen LogP) is 4.56. The summed E-state index contributed by atoms with van der Waals surface area (Å²) in [5, 5.41) is 11.8. The molecule has 2 amide bonds. The van der Waals surface area contributed by atoms with Crippen LogP contribution in [0.4, 0.5) is 20.3 Å². The molecule has 3 aromatic heterocycles. The number of aromatic nitrogens is 3. The first-order valence-corrected chi connectivity index (χ1v) is 21.9. The number of carbonyl (C=O) groups excluding carboxylic acids is 3. The van der Waals surface area contributed by atoms with E-state index in [0.29, 0.717) is 86.0 Å². The van der Waals surface area contributed by atoms with Gasteiger partial charge in [0.15, 0.2) is 5.82 Å². The Balaban J connectivity index is 1.07. The molecule has 328 valence electrons. The van der Waals surface area contributed by atoms with Gasteiger partial charge >= 0.3 is 10.2 Å². The first kappa shape index (κ1) is 45.2. The van der Waals surface area contributed by atoms with E-state index >= 15 is 8.78 Å². The molecule has 61 heavy (non-hydrogen) atoms. The largest absolute Gasteiger partial charge is 0.389 e. The second-order valence-corrected chi connectivity index (χ2v) is 18.2. The Morgan fingerprint density at radius 3 is 2.30 bits per heavy atom. The number of piperidine rings is 1. The number of hydrogen-bond acceptors (Lipinski definition) is 10. The fourth-order valence-electron chi connectivity index (χ4n) is 8.12. The van der Waals surface area contributed by atoms with Gasteiger partial charge in [-0.25, -0.2) is 18.7 Å². The number of piperazine rings is 1. The highest BCUT2D eigenvalue weighted by atomic mass is 32.2. The summed E-state index contributed by atoms with van der Waals surface area (Å²) < 4.78 is 58.7. The van der Waals surface area contributed by atoms with Gasteiger partial charge in [0.1, 0.15) is 17.3 Å². The normalized spacial score (nSPS) is 17.7. The minimum absolute atomic E-state index is 0.0101. The summed E-state index contributed by atoms with van der Waals surface area (Å²) in [5.74, 6) is -2.98. The van der Waals surface area contributed by atoms with Crippen molar-refractivity contribution in [2.45, 2.75) is 58.6 Å². The van der Waals surface area contributed by atoms with E-state index in [9.17, 15) is 27.9 Å². The van der Waals surface area contributed by atoms with Crippen LogP contribution in [0.15, 0.2) is 61.6 Å². The number of nitrogens with zero attached hydrogens (tertiary/aromatic N) is 6. The molecular weight excluding hydrogens is 809 g/mol. The number of halogens is 2. The van der Waals surface area contributed by atoms with Gasteiger partial charge in [0.05, 0.1) is 29.3 Å². The summed E-state index contributed by atoms with van der Waals surface area (Å²) in [6.07, 6.45) is 7.01. The van der Waals surface area contributed by atoms with Crippen molar-refractivity contribution in [3.05, 3.63) is 84.3 Å². The number of amides is 2. The van der Waals surface area contributed by atoms with Gasteiger partial charge in [-0.05, 0) is 55.0 Å². The molecule has 2 aliphatic rings. The van der Waals surface area contributed by atoms with Gasteiger partial charge in [-0.3, -0.25) is 24.0 Å². The van der Waals surface area contributed by atoms with Crippen LogP contribution in [0.1, 0.15) is 62.9 Å². The highest BCUT2D eigenvalue weighted by Crippen LogP contribution is 2.34. The summed E-state index contributed by atoms with van der Waals surface area (Å²) in [6.45, 7) is 14.8. The number of nitrogens with two attached hydrogens (primary N) is 1. The van der Waals surface area contributed by atoms with Gasteiger partial charge in [0.2, 0.25) is 17.6 Å². The monoisotopic (exact) mass is 863 g/mol. The van der Waals surface area contributed by atoms with Crippen LogP contribution in [-0.4, -0.2) is 125 Å². The predicted molar refractivity (Wildman–Crippen MR) is 230 cm³/mol. The third-order valence-corrected chi connectivity index (χ3v) is 14.0. The molecule has 5 heterocycles. The van der Waals surface area contributed by atoms with Crippen LogP contribution >= 0.6 is 0 Å². The van der Waals surface area contributed by atoms with E-state index in [-0.39, 0.29) is 36.3 Å². The lowest BCUT2D eigenvalue weighted by Crippen LogP contribution is -2.57. The molecule has 3 atom stereocenters. The quantitative estimate of drug-likeness (QED) is 0.0916. The number of benzene rings is 1. The zero-order chi connectivity index (χ0) is 44.4. The van der Waals surface area contributed by atoms with Gasteiger partial charge < -0.3 is 25.6 Å². The first-order chi connectivity index (χ1) is 28.9. The van der Waals surface area contributed by atoms with E-state index in [0.717, 1.165) is 16.4 Å². The Kier molecular flexibility index (Phi) is 13.6. The van der Waals surface area contributed by atoms with Crippen molar-refractivity contribution in [1.82, 2.24) is 29.1 Å². The smallest absolute Gasteiger partial charge is 0.301 e. The number of fused-ring (bicyclic) bond motifs is 1. The Hall–Kier alpha value is -5.30.